The van der Waals surface area contributed by atoms with Crippen LogP contribution in [0.25, 0.3) is 0 Å². The van der Waals surface area contributed by atoms with Gasteiger partial charge in [0.1, 0.15) is 0 Å². The van der Waals surface area contributed by atoms with Crippen LogP contribution in [0.4, 0.5) is 0 Å². The first-order valence-electron chi connectivity index (χ1n) is 2.58. The molecule has 0 heterocycles. The van der Waals surface area contributed by atoms with Gasteiger partial charge in [-0.2, -0.15) is 0 Å². The number of aliphatic hydroxyl groups excluding tert-OH is 1. The minimum absolute atomic E-state index is 0.287. The van der Waals surface area contributed by atoms with Crippen molar-refractivity contribution in [2.75, 3.05) is 13.2 Å². The zero-order valence-corrected chi connectivity index (χ0v) is 5.11. The van der Waals surface area contributed by atoms with Crippen LogP contribution in [-0.4, -0.2) is 29.5 Å². The van der Waals surface area contributed by atoms with Crippen LogP contribution in [0.3, 0.4) is 0 Å². The molecule has 0 rings (SSSR count). The maximum atomic E-state index is 9.65. The molecule has 0 aromatic carbocycles. The maximum Gasteiger partial charge on any atom is 0.253 e. The lowest BCUT2D eigenvalue weighted by atomic mass is 10.6. The largest absolute Gasteiger partial charge is 0.363 e. The number of hydrogen-bond donors (Lipinski definition) is 1. The van der Waals surface area contributed by atoms with Crippen molar-refractivity contribution >= 4 is 0 Å². The Hall–Kier alpha value is -0.680. The molecule has 0 aliphatic rings. The summed E-state index contributed by atoms with van der Waals surface area (Å²) in [6, 6.07) is 0. The molecule has 0 saturated heterocycles. The number of rotatable bonds is 4. The van der Waals surface area contributed by atoms with Gasteiger partial charge in [-0.1, -0.05) is 0 Å². The molecule has 0 spiro atoms. The minimum atomic E-state index is -1.26. The average molecular weight is 135 g/mol. The second-order valence-corrected chi connectivity index (χ2v) is 1.43. The van der Waals surface area contributed by atoms with E-state index < -0.39 is 17.8 Å². The van der Waals surface area contributed by atoms with Gasteiger partial charge in [0, 0.05) is 11.5 Å². The molecule has 0 radical (unpaired) electrons. The van der Waals surface area contributed by atoms with Crippen LogP contribution in [0.15, 0.2) is 0 Å². The summed E-state index contributed by atoms with van der Waals surface area (Å²) in [5.74, 6) is 0. The second kappa shape index (κ2) is 4.22. The molecule has 5 heteroatoms. The second-order valence-electron chi connectivity index (χ2n) is 1.43. The summed E-state index contributed by atoms with van der Waals surface area (Å²) >= 11 is 0. The molecule has 0 saturated carbocycles. The van der Waals surface area contributed by atoms with Crippen LogP contribution >= 0.6 is 0 Å². The molecule has 54 valence electrons. The SMILES string of the molecule is CCOC(O)C[N+](=O)[O-]. The van der Waals surface area contributed by atoms with Crippen LogP contribution in [0.2, 0.25) is 0 Å². The van der Waals surface area contributed by atoms with Gasteiger partial charge in [-0.15, -0.1) is 0 Å². The molecule has 1 atom stereocenters. The standard InChI is InChI=1S/C4H9NO4/c1-2-9-4(6)3-5(7)8/h4,6H,2-3H2,1H3. The van der Waals surface area contributed by atoms with E-state index >= 15 is 0 Å². The average Bonchev–Trinajstić information content (AvgIpc) is 1.63. The quantitative estimate of drug-likeness (QED) is 0.324. The van der Waals surface area contributed by atoms with Crippen molar-refractivity contribution in [3.05, 3.63) is 10.1 Å². The van der Waals surface area contributed by atoms with E-state index in [4.69, 9.17) is 5.11 Å². The van der Waals surface area contributed by atoms with Gasteiger partial charge in [0.15, 0.2) is 0 Å². The smallest absolute Gasteiger partial charge is 0.253 e. The Morgan fingerprint density at radius 1 is 1.89 bits per heavy atom. The predicted octanol–water partition coefficient (Wildman–Crippen LogP) is -0.382. The molecular formula is C4H9NO4. The zero-order valence-electron chi connectivity index (χ0n) is 5.11. The Balaban J connectivity index is 3.26. The van der Waals surface area contributed by atoms with Crippen LogP contribution < -0.4 is 0 Å². The molecule has 5 nitrogen and oxygen atoms in total. The Bertz CT molecular complexity index is 94.6. The molecule has 1 N–H and O–H groups in total. The summed E-state index contributed by atoms with van der Waals surface area (Å²) in [5.41, 5.74) is 0. The zero-order chi connectivity index (χ0) is 7.28. The number of ether oxygens (including phenoxy) is 1. The van der Waals surface area contributed by atoms with E-state index in [9.17, 15) is 10.1 Å². The van der Waals surface area contributed by atoms with E-state index in [-0.39, 0.29) is 6.61 Å². The lowest BCUT2D eigenvalue weighted by Crippen LogP contribution is -2.22. The maximum absolute atomic E-state index is 9.65. The van der Waals surface area contributed by atoms with Gasteiger partial charge in [-0.05, 0) is 6.92 Å². The van der Waals surface area contributed by atoms with E-state index in [1.807, 2.05) is 0 Å². The van der Waals surface area contributed by atoms with E-state index in [1.54, 1.807) is 6.92 Å². The van der Waals surface area contributed by atoms with E-state index in [1.165, 1.54) is 0 Å². The van der Waals surface area contributed by atoms with Gasteiger partial charge in [0.05, 0.1) is 0 Å². The molecular weight excluding hydrogens is 126 g/mol. The highest BCUT2D eigenvalue weighted by Crippen LogP contribution is 1.85. The first-order valence-corrected chi connectivity index (χ1v) is 2.58. The molecule has 1 unspecified atom stereocenters. The summed E-state index contributed by atoms with van der Waals surface area (Å²) < 4.78 is 4.47. The van der Waals surface area contributed by atoms with Crippen molar-refractivity contribution in [1.29, 1.82) is 0 Å². The summed E-state index contributed by atoms with van der Waals surface area (Å²) in [6.45, 7) is 1.39. The minimum Gasteiger partial charge on any atom is -0.363 e. The van der Waals surface area contributed by atoms with Crippen molar-refractivity contribution in [2.24, 2.45) is 0 Å². The molecule has 0 fully saturated rings. The number of hydrogen-bond acceptors (Lipinski definition) is 4. The van der Waals surface area contributed by atoms with Gasteiger partial charge >= 0.3 is 0 Å². The monoisotopic (exact) mass is 135 g/mol. The third kappa shape index (κ3) is 5.19. The van der Waals surface area contributed by atoms with Gasteiger partial charge in [-0.25, -0.2) is 0 Å². The highest BCUT2D eigenvalue weighted by atomic mass is 16.6. The fourth-order valence-corrected chi connectivity index (χ4v) is 0.373. The topological polar surface area (TPSA) is 72.6 Å². The lowest BCUT2D eigenvalue weighted by Gasteiger charge is -2.03. The Morgan fingerprint density at radius 2 is 2.44 bits per heavy atom. The van der Waals surface area contributed by atoms with Crippen molar-refractivity contribution in [3.63, 3.8) is 0 Å². The van der Waals surface area contributed by atoms with Crippen molar-refractivity contribution < 1.29 is 14.8 Å². The van der Waals surface area contributed by atoms with Crippen LogP contribution in [-0.2, 0) is 4.74 Å². The number of nitro groups is 1. The normalized spacial score (nSPS) is 13.1. The third-order valence-electron chi connectivity index (χ3n) is 0.664. The molecule has 0 bridgehead atoms. The van der Waals surface area contributed by atoms with Gasteiger partial charge in [-0.3, -0.25) is 10.1 Å². The summed E-state index contributed by atoms with van der Waals surface area (Å²) in [7, 11) is 0. The lowest BCUT2D eigenvalue weighted by molar-refractivity contribution is -0.503. The van der Waals surface area contributed by atoms with Crippen molar-refractivity contribution in [1.82, 2.24) is 0 Å². The highest BCUT2D eigenvalue weighted by molar-refractivity contribution is 4.32. The Morgan fingerprint density at radius 3 is 2.78 bits per heavy atom. The molecule has 0 amide bonds. The summed E-state index contributed by atoms with van der Waals surface area (Å²) in [6.07, 6.45) is -1.26. The first-order chi connectivity index (χ1) is 4.16. The molecule has 0 aliphatic heterocycles. The molecule has 9 heavy (non-hydrogen) atoms. The molecule has 0 aromatic rings. The van der Waals surface area contributed by atoms with E-state index in [0.717, 1.165) is 0 Å². The highest BCUT2D eigenvalue weighted by Gasteiger charge is 2.08. The van der Waals surface area contributed by atoms with Gasteiger partial charge in [0.25, 0.3) is 6.54 Å². The van der Waals surface area contributed by atoms with Crippen LogP contribution in [0.1, 0.15) is 6.92 Å². The Labute approximate surface area is 52.4 Å². The number of aliphatic hydroxyl groups is 1. The number of nitrogens with zero attached hydrogens (tertiary/aromatic N) is 1. The predicted molar refractivity (Wildman–Crippen MR) is 29.5 cm³/mol. The fraction of sp³-hybridized carbons (Fsp3) is 1.00. The summed E-state index contributed by atoms with van der Waals surface area (Å²) in [5, 5.41) is 18.2. The van der Waals surface area contributed by atoms with Crippen LogP contribution in [0.5, 0.6) is 0 Å². The van der Waals surface area contributed by atoms with Gasteiger partial charge < -0.3 is 9.84 Å². The van der Waals surface area contributed by atoms with Crippen molar-refractivity contribution in [2.45, 2.75) is 13.2 Å². The van der Waals surface area contributed by atoms with E-state index in [0.29, 0.717) is 0 Å². The first kappa shape index (κ1) is 8.32. The van der Waals surface area contributed by atoms with Crippen LogP contribution in [0, 0.1) is 10.1 Å². The molecule has 0 aromatic heterocycles. The third-order valence-corrected chi connectivity index (χ3v) is 0.664. The van der Waals surface area contributed by atoms with E-state index in [2.05, 4.69) is 4.74 Å². The Kier molecular flexibility index (Phi) is 3.90. The van der Waals surface area contributed by atoms with Crippen molar-refractivity contribution in [3.8, 4) is 0 Å². The summed E-state index contributed by atoms with van der Waals surface area (Å²) in [4.78, 5) is 9.03. The van der Waals surface area contributed by atoms with Gasteiger partial charge in [0.2, 0.25) is 6.29 Å². The molecule has 0 aliphatic carbocycles. The fourth-order valence-electron chi connectivity index (χ4n) is 0.373.